The molecule has 1 atom stereocenters. The number of nitrogens with one attached hydrogen (secondary N) is 2. The van der Waals surface area contributed by atoms with E-state index in [1.54, 1.807) is 18.3 Å². The SMILES string of the molecule is C[C@H](CNC(=O)c1ccc(-c2ccccc2)[nH]c1=O)Cn1cccn1. The summed E-state index contributed by atoms with van der Waals surface area (Å²) >= 11 is 0. The summed E-state index contributed by atoms with van der Waals surface area (Å²) in [4.78, 5) is 27.3. The summed E-state index contributed by atoms with van der Waals surface area (Å²) in [6.07, 6.45) is 3.60. The Morgan fingerprint density at radius 3 is 2.68 bits per heavy atom. The van der Waals surface area contributed by atoms with Crippen LogP contribution < -0.4 is 10.9 Å². The second-order valence-corrected chi connectivity index (χ2v) is 6.02. The molecule has 0 aliphatic heterocycles. The number of amides is 1. The monoisotopic (exact) mass is 336 g/mol. The van der Waals surface area contributed by atoms with Crippen LogP contribution in [0.1, 0.15) is 17.3 Å². The Labute approximate surface area is 145 Å². The molecule has 6 nitrogen and oxygen atoms in total. The number of carbonyl (C=O) groups excluding carboxylic acids is 1. The number of hydrogen-bond acceptors (Lipinski definition) is 3. The lowest BCUT2D eigenvalue weighted by atomic mass is 10.1. The van der Waals surface area contributed by atoms with Crippen LogP contribution in [0.5, 0.6) is 0 Å². The molecule has 3 rings (SSSR count). The third-order valence-corrected chi connectivity index (χ3v) is 3.91. The normalized spacial score (nSPS) is 11.9. The van der Waals surface area contributed by atoms with E-state index in [4.69, 9.17) is 0 Å². The number of hydrogen-bond donors (Lipinski definition) is 2. The fourth-order valence-electron chi connectivity index (χ4n) is 2.59. The summed E-state index contributed by atoms with van der Waals surface area (Å²) in [6.45, 7) is 3.19. The van der Waals surface area contributed by atoms with Crippen molar-refractivity contribution in [3.63, 3.8) is 0 Å². The van der Waals surface area contributed by atoms with Crippen molar-refractivity contribution in [2.75, 3.05) is 6.54 Å². The molecule has 0 aliphatic carbocycles. The number of aromatic nitrogens is 3. The minimum absolute atomic E-state index is 0.117. The highest BCUT2D eigenvalue weighted by atomic mass is 16.2. The van der Waals surface area contributed by atoms with Gasteiger partial charge in [-0.3, -0.25) is 14.3 Å². The molecule has 2 N–H and O–H groups in total. The van der Waals surface area contributed by atoms with E-state index >= 15 is 0 Å². The van der Waals surface area contributed by atoms with Crippen molar-refractivity contribution < 1.29 is 4.79 Å². The maximum atomic E-state index is 12.3. The molecule has 1 aromatic carbocycles. The van der Waals surface area contributed by atoms with Crippen LogP contribution in [0, 0.1) is 5.92 Å². The number of aromatic amines is 1. The van der Waals surface area contributed by atoms with Crippen molar-refractivity contribution in [3.8, 4) is 11.3 Å². The molecule has 6 heteroatoms. The van der Waals surface area contributed by atoms with Gasteiger partial charge in [0.15, 0.2) is 0 Å². The van der Waals surface area contributed by atoms with Gasteiger partial charge in [-0.1, -0.05) is 37.3 Å². The quantitative estimate of drug-likeness (QED) is 0.725. The highest BCUT2D eigenvalue weighted by Gasteiger charge is 2.13. The van der Waals surface area contributed by atoms with E-state index in [-0.39, 0.29) is 17.4 Å². The van der Waals surface area contributed by atoms with Gasteiger partial charge in [0, 0.05) is 31.2 Å². The average molecular weight is 336 g/mol. The summed E-state index contributed by atoms with van der Waals surface area (Å²) in [5, 5.41) is 6.95. The second-order valence-electron chi connectivity index (χ2n) is 6.02. The molecule has 0 unspecified atom stereocenters. The van der Waals surface area contributed by atoms with Gasteiger partial charge < -0.3 is 10.3 Å². The minimum atomic E-state index is -0.390. The van der Waals surface area contributed by atoms with Crippen molar-refractivity contribution >= 4 is 5.91 Å². The van der Waals surface area contributed by atoms with Crippen LogP contribution in [0.4, 0.5) is 0 Å². The Morgan fingerprint density at radius 1 is 1.20 bits per heavy atom. The number of benzene rings is 1. The molecule has 2 aromatic heterocycles. The molecule has 25 heavy (non-hydrogen) atoms. The van der Waals surface area contributed by atoms with Gasteiger partial charge >= 0.3 is 0 Å². The zero-order valence-electron chi connectivity index (χ0n) is 14.0. The van der Waals surface area contributed by atoms with Crippen LogP contribution >= 0.6 is 0 Å². The lowest BCUT2D eigenvalue weighted by Crippen LogP contribution is -2.33. The third-order valence-electron chi connectivity index (χ3n) is 3.91. The van der Waals surface area contributed by atoms with Gasteiger partial charge in [-0.05, 0) is 29.7 Å². The molecule has 0 saturated carbocycles. The number of H-pyrrole nitrogens is 1. The predicted octanol–water partition coefficient (Wildman–Crippen LogP) is 2.30. The Balaban J connectivity index is 1.63. The van der Waals surface area contributed by atoms with Gasteiger partial charge in [0.1, 0.15) is 5.56 Å². The second kappa shape index (κ2) is 7.61. The Hall–Kier alpha value is -3.15. The van der Waals surface area contributed by atoms with Gasteiger partial charge in [-0.15, -0.1) is 0 Å². The molecule has 128 valence electrons. The van der Waals surface area contributed by atoms with Crippen molar-refractivity contribution in [1.82, 2.24) is 20.1 Å². The standard InChI is InChI=1S/C19H20N4O2/c1-14(13-23-11-5-10-21-23)12-20-18(24)16-8-9-17(22-19(16)25)15-6-3-2-4-7-15/h2-11,14H,12-13H2,1H3,(H,20,24)(H,22,25)/t14-/m1/s1. The highest BCUT2D eigenvalue weighted by Crippen LogP contribution is 2.14. The Bertz CT molecular complexity index is 885. The fourth-order valence-corrected chi connectivity index (χ4v) is 2.59. The molecule has 0 aliphatic rings. The molecular formula is C19H20N4O2. The molecule has 0 fully saturated rings. The van der Waals surface area contributed by atoms with E-state index in [0.717, 1.165) is 5.56 Å². The number of carbonyl (C=O) groups is 1. The Kier molecular flexibility index (Phi) is 5.09. The molecule has 0 spiro atoms. The topological polar surface area (TPSA) is 79.8 Å². The third kappa shape index (κ3) is 4.23. The Morgan fingerprint density at radius 2 is 2.00 bits per heavy atom. The molecule has 1 amide bonds. The largest absolute Gasteiger partial charge is 0.352 e. The van der Waals surface area contributed by atoms with Crippen molar-refractivity contribution in [1.29, 1.82) is 0 Å². The first-order chi connectivity index (χ1) is 12.1. The van der Waals surface area contributed by atoms with Crippen LogP contribution in [0.3, 0.4) is 0 Å². The number of rotatable bonds is 6. The van der Waals surface area contributed by atoms with E-state index < -0.39 is 5.56 Å². The summed E-state index contributed by atoms with van der Waals surface area (Å²) in [6, 6.07) is 14.7. The van der Waals surface area contributed by atoms with Crippen LogP contribution in [-0.2, 0) is 6.54 Å². The zero-order chi connectivity index (χ0) is 17.6. The first kappa shape index (κ1) is 16.7. The van der Waals surface area contributed by atoms with E-state index in [2.05, 4.69) is 15.4 Å². The van der Waals surface area contributed by atoms with Crippen LogP contribution in [0.2, 0.25) is 0 Å². The lowest BCUT2D eigenvalue weighted by molar-refractivity contribution is 0.0945. The summed E-state index contributed by atoms with van der Waals surface area (Å²) in [5.74, 6) is -0.167. The predicted molar refractivity (Wildman–Crippen MR) is 96.2 cm³/mol. The van der Waals surface area contributed by atoms with E-state index in [9.17, 15) is 9.59 Å². The van der Waals surface area contributed by atoms with E-state index in [1.165, 1.54) is 0 Å². The molecule has 0 bridgehead atoms. The maximum absolute atomic E-state index is 12.3. The van der Waals surface area contributed by atoms with Crippen LogP contribution in [-0.4, -0.2) is 27.2 Å². The van der Waals surface area contributed by atoms with Gasteiger partial charge in [0.25, 0.3) is 11.5 Å². The van der Waals surface area contributed by atoms with E-state index in [0.29, 0.717) is 18.8 Å². The van der Waals surface area contributed by atoms with Gasteiger partial charge in [0.05, 0.1) is 0 Å². The first-order valence-corrected chi connectivity index (χ1v) is 8.18. The number of pyridine rings is 1. The maximum Gasteiger partial charge on any atom is 0.261 e. The van der Waals surface area contributed by atoms with Gasteiger partial charge in [-0.2, -0.15) is 5.10 Å². The van der Waals surface area contributed by atoms with Gasteiger partial charge in [-0.25, -0.2) is 0 Å². The van der Waals surface area contributed by atoms with Crippen LogP contribution in [0.25, 0.3) is 11.3 Å². The molecular weight excluding hydrogens is 316 g/mol. The summed E-state index contributed by atoms with van der Waals surface area (Å²) in [7, 11) is 0. The summed E-state index contributed by atoms with van der Waals surface area (Å²) in [5.41, 5.74) is 1.32. The van der Waals surface area contributed by atoms with Gasteiger partial charge in [0.2, 0.25) is 0 Å². The molecule has 0 saturated heterocycles. The van der Waals surface area contributed by atoms with Crippen molar-refractivity contribution in [2.24, 2.45) is 5.92 Å². The fraction of sp³-hybridized carbons (Fsp3) is 0.211. The highest BCUT2D eigenvalue weighted by molar-refractivity contribution is 5.94. The lowest BCUT2D eigenvalue weighted by Gasteiger charge is -2.12. The van der Waals surface area contributed by atoms with E-state index in [1.807, 2.05) is 54.2 Å². The summed E-state index contributed by atoms with van der Waals surface area (Å²) < 4.78 is 1.82. The molecule has 2 heterocycles. The van der Waals surface area contributed by atoms with Crippen molar-refractivity contribution in [3.05, 3.63) is 76.8 Å². The number of nitrogens with zero attached hydrogens (tertiary/aromatic N) is 2. The minimum Gasteiger partial charge on any atom is -0.352 e. The van der Waals surface area contributed by atoms with Crippen molar-refractivity contribution in [2.45, 2.75) is 13.5 Å². The molecule has 3 aromatic rings. The molecule has 0 radical (unpaired) electrons. The smallest absolute Gasteiger partial charge is 0.261 e. The zero-order valence-corrected chi connectivity index (χ0v) is 14.0. The first-order valence-electron chi connectivity index (χ1n) is 8.18. The average Bonchev–Trinajstić information content (AvgIpc) is 3.13. The van der Waals surface area contributed by atoms with Crippen LogP contribution in [0.15, 0.2) is 65.7 Å².